The maximum absolute atomic E-state index is 4.20. The summed E-state index contributed by atoms with van der Waals surface area (Å²) in [6.07, 6.45) is 5.44. The van der Waals surface area contributed by atoms with Crippen molar-refractivity contribution in [2.75, 3.05) is 0 Å². The van der Waals surface area contributed by atoms with E-state index in [-0.39, 0.29) is 0 Å². The summed E-state index contributed by atoms with van der Waals surface area (Å²) in [5.74, 6) is 0. The summed E-state index contributed by atoms with van der Waals surface area (Å²) in [4.78, 5) is 4.20. The third-order valence-electron chi connectivity index (χ3n) is 1.81. The van der Waals surface area contributed by atoms with Crippen molar-refractivity contribution in [2.24, 2.45) is 0 Å². The molecule has 0 aliphatic rings. The van der Waals surface area contributed by atoms with Gasteiger partial charge in [-0.1, -0.05) is 6.07 Å². The first-order valence-corrected chi connectivity index (χ1v) is 4.32. The first-order valence-electron chi connectivity index (χ1n) is 3.92. The standard InChI is InChI=1S/C9H9N3S/c1-7-2-3-8(4-10-7)9-5-11-12(13)6-9/h2-6,13H,1H3. The van der Waals surface area contributed by atoms with E-state index in [1.54, 1.807) is 6.20 Å². The molecule has 2 rings (SSSR count). The molecule has 0 saturated heterocycles. The van der Waals surface area contributed by atoms with Crippen LogP contribution in [0, 0.1) is 6.92 Å². The molecule has 2 aromatic heterocycles. The normalized spacial score (nSPS) is 10.3. The van der Waals surface area contributed by atoms with Gasteiger partial charge in [0.05, 0.1) is 6.20 Å². The first-order chi connectivity index (χ1) is 6.25. The maximum Gasteiger partial charge on any atom is 0.0579 e. The summed E-state index contributed by atoms with van der Waals surface area (Å²) in [5, 5.41) is 3.97. The molecule has 0 spiro atoms. The largest absolute Gasteiger partial charge is 0.261 e. The Morgan fingerprint density at radius 2 is 2.08 bits per heavy atom. The minimum Gasteiger partial charge on any atom is -0.261 e. The second-order valence-electron chi connectivity index (χ2n) is 2.84. The van der Waals surface area contributed by atoms with Crippen LogP contribution < -0.4 is 0 Å². The van der Waals surface area contributed by atoms with Crippen molar-refractivity contribution in [3.05, 3.63) is 36.4 Å². The summed E-state index contributed by atoms with van der Waals surface area (Å²) >= 11 is 4.06. The van der Waals surface area contributed by atoms with Crippen molar-refractivity contribution in [3.8, 4) is 11.1 Å². The van der Waals surface area contributed by atoms with Gasteiger partial charge in [-0.15, -0.1) is 0 Å². The Bertz CT molecular complexity index is 405. The van der Waals surface area contributed by atoms with E-state index in [9.17, 15) is 0 Å². The van der Waals surface area contributed by atoms with Crippen LogP contribution in [0.5, 0.6) is 0 Å². The minimum absolute atomic E-state index is 1.02. The highest BCUT2D eigenvalue weighted by Gasteiger charge is 1.99. The lowest BCUT2D eigenvalue weighted by atomic mass is 10.1. The third kappa shape index (κ3) is 1.72. The number of pyridine rings is 1. The SMILES string of the molecule is Cc1ccc(-c2cnn(S)c2)cn1. The average Bonchev–Trinajstić information content (AvgIpc) is 2.53. The fourth-order valence-electron chi connectivity index (χ4n) is 1.10. The van der Waals surface area contributed by atoms with Gasteiger partial charge in [-0.25, -0.2) is 4.09 Å². The highest BCUT2D eigenvalue weighted by atomic mass is 32.1. The number of aromatic nitrogens is 3. The van der Waals surface area contributed by atoms with Gasteiger partial charge in [0.1, 0.15) is 0 Å². The van der Waals surface area contributed by atoms with Gasteiger partial charge < -0.3 is 0 Å². The average molecular weight is 191 g/mol. The molecule has 3 nitrogen and oxygen atoms in total. The molecule has 0 amide bonds. The van der Waals surface area contributed by atoms with Crippen molar-refractivity contribution in [1.29, 1.82) is 0 Å². The molecule has 0 aliphatic heterocycles. The molecule has 0 aromatic carbocycles. The van der Waals surface area contributed by atoms with Crippen molar-refractivity contribution < 1.29 is 0 Å². The summed E-state index contributed by atoms with van der Waals surface area (Å²) in [5.41, 5.74) is 3.11. The lowest BCUT2D eigenvalue weighted by molar-refractivity contribution is 1.02. The Kier molecular flexibility index (Phi) is 2.06. The fraction of sp³-hybridized carbons (Fsp3) is 0.111. The Hall–Kier alpha value is -1.29. The molecular weight excluding hydrogens is 182 g/mol. The van der Waals surface area contributed by atoms with Crippen molar-refractivity contribution >= 4 is 12.8 Å². The fourth-order valence-corrected chi connectivity index (χ4v) is 1.28. The quantitative estimate of drug-likeness (QED) is 0.698. The molecule has 0 unspecified atom stereocenters. The third-order valence-corrected chi connectivity index (χ3v) is 2.03. The molecule has 0 aliphatic carbocycles. The summed E-state index contributed by atoms with van der Waals surface area (Å²) < 4.78 is 1.48. The molecule has 66 valence electrons. The molecule has 0 atom stereocenters. The second-order valence-corrected chi connectivity index (χ2v) is 3.25. The van der Waals surface area contributed by atoms with Crippen molar-refractivity contribution in [1.82, 2.24) is 14.2 Å². The van der Waals surface area contributed by atoms with Gasteiger partial charge in [0.2, 0.25) is 0 Å². The zero-order chi connectivity index (χ0) is 9.26. The number of thiol groups is 1. The van der Waals surface area contributed by atoms with Crippen LogP contribution in [-0.4, -0.2) is 14.2 Å². The van der Waals surface area contributed by atoms with Gasteiger partial charge in [0, 0.05) is 29.2 Å². The zero-order valence-electron chi connectivity index (χ0n) is 7.18. The van der Waals surface area contributed by atoms with E-state index >= 15 is 0 Å². The van der Waals surface area contributed by atoms with E-state index in [0.717, 1.165) is 16.8 Å². The molecule has 2 aromatic rings. The molecule has 0 radical (unpaired) electrons. The Morgan fingerprint density at radius 3 is 2.62 bits per heavy atom. The van der Waals surface area contributed by atoms with Crippen molar-refractivity contribution in [2.45, 2.75) is 6.92 Å². The zero-order valence-corrected chi connectivity index (χ0v) is 8.07. The molecule has 4 heteroatoms. The number of aryl methyl sites for hydroxylation is 1. The summed E-state index contributed by atoms with van der Waals surface area (Å²) in [7, 11) is 0. The van der Waals surface area contributed by atoms with Crippen LogP contribution in [-0.2, 0) is 0 Å². The molecular formula is C9H9N3S. The van der Waals surface area contributed by atoms with Crippen LogP contribution in [0.1, 0.15) is 5.69 Å². The van der Waals surface area contributed by atoms with Gasteiger partial charge in [0.15, 0.2) is 0 Å². The number of rotatable bonds is 1. The van der Waals surface area contributed by atoms with Gasteiger partial charge in [0.25, 0.3) is 0 Å². The van der Waals surface area contributed by atoms with Crippen LogP contribution in [0.4, 0.5) is 0 Å². The molecule has 0 fully saturated rings. The van der Waals surface area contributed by atoms with Crippen LogP contribution in [0.2, 0.25) is 0 Å². The maximum atomic E-state index is 4.20. The highest BCUT2D eigenvalue weighted by molar-refractivity contribution is 7.78. The van der Waals surface area contributed by atoms with Gasteiger partial charge >= 0.3 is 0 Å². The van der Waals surface area contributed by atoms with Gasteiger partial charge in [-0.3, -0.25) is 4.98 Å². The monoisotopic (exact) mass is 191 g/mol. The van der Waals surface area contributed by atoms with E-state index in [1.165, 1.54) is 4.09 Å². The van der Waals surface area contributed by atoms with E-state index in [0.29, 0.717) is 0 Å². The van der Waals surface area contributed by atoms with E-state index < -0.39 is 0 Å². The Balaban J connectivity index is 2.41. The molecule has 0 saturated carbocycles. The predicted molar refractivity (Wildman–Crippen MR) is 54.6 cm³/mol. The summed E-state index contributed by atoms with van der Waals surface area (Å²) in [6, 6.07) is 4.00. The smallest absolute Gasteiger partial charge is 0.0579 e. The molecule has 0 N–H and O–H groups in total. The Morgan fingerprint density at radius 1 is 1.23 bits per heavy atom. The first kappa shape index (κ1) is 8.31. The second kappa shape index (κ2) is 3.22. The van der Waals surface area contributed by atoms with Gasteiger partial charge in [-0.2, -0.15) is 5.10 Å². The minimum atomic E-state index is 1.02. The molecule has 13 heavy (non-hydrogen) atoms. The van der Waals surface area contributed by atoms with E-state index in [4.69, 9.17) is 0 Å². The van der Waals surface area contributed by atoms with Crippen molar-refractivity contribution in [3.63, 3.8) is 0 Å². The highest BCUT2D eigenvalue weighted by Crippen LogP contribution is 2.17. The van der Waals surface area contributed by atoms with E-state index in [1.807, 2.05) is 31.5 Å². The number of nitrogens with zero attached hydrogens (tertiary/aromatic N) is 3. The molecule has 0 bridgehead atoms. The van der Waals surface area contributed by atoms with Crippen LogP contribution in [0.25, 0.3) is 11.1 Å². The lowest BCUT2D eigenvalue weighted by Crippen LogP contribution is -1.80. The molecule has 2 heterocycles. The van der Waals surface area contributed by atoms with Gasteiger partial charge in [-0.05, 0) is 25.8 Å². The number of hydrogen-bond acceptors (Lipinski definition) is 3. The van der Waals surface area contributed by atoms with E-state index in [2.05, 4.69) is 22.9 Å². The van der Waals surface area contributed by atoms with Crippen LogP contribution >= 0.6 is 12.8 Å². The van der Waals surface area contributed by atoms with Crippen LogP contribution in [0.15, 0.2) is 30.7 Å². The predicted octanol–water partition coefficient (Wildman–Crippen LogP) is 1.95. The number of hydrogen-bond donors (Lipinski definition) is 1. The van der Waals surface area contributed by atoms with Crippen LogP contribution in [0.3, 0.4) is 0 Å². The summed E-state index contributed by atoms with van der Waals surface area (Å²) in [6.45, 7) is 1.96. The Labute approximate surface area is 82.0 Å². The topological polar surface area (TPSA) is 30.7 Å². The lowest BCUT2D eigenvalue weighted by Gasteiger charge is -1.95.